The van der Waals surface area contributed by atoms with Crippen LogP contribution in [0.15, 0.2) is 73.2 Å². The first-order valence-corrected chi connectivity index (χ1v) is 43.5. The number of imidazole rings is 1. The van der Waals surface area contributed by atoms with E-state index in [1.807, 2.05) is 0 Å². The van der Waals surface area contributed by atoms with E-state index in [2.05, 4.69) is 89.7 Å². The van der Waals surface area contributed by atoms with E-state index in [-0.39, 0.29) is 108 Å². The quantitative estimate of drug-likeness (QED) is 0.0143. The molecule has 0 saturated heterocycles. The van der Waals surface area contributed by atoms with Crippen LogP contribution < -0.4 is 114 Å². The molecule has 31 N–H and O–H groups in total. The highest BCUT2D eigenvalue weighted by Crippen LogP contribution is 2.17. The number of aliphatic carboxylic acids is 1. The molecule has 0 aliphatic carbocycles. The normalized spacial score (nSPS) is 15.2. The number of aromatic nitrogens is 2. The summed E-state index contributed by atoms with van der Waals surface area (Å²) in [6, 6.07) is -5.38. The molecule has 1 aromatic heterocycles. The van der Waals surface area contributed by atoms with E-state index >= 15 is 9.59 Å². The molecular formula is C82H132N24O19S. The fourth-order valence-electron chi connectivity index (χ4n) is 12.7. The minimum Gasteiger partial charge on any atom is -0.480 e. The molecular weight excluding hydrogens is 1660 g/mol. The lowest BCUT2D eigenvalue weighted by Gasteiger charge is -2.30. The number of hydrogen-bond acceptors (Lipinski definition) is 24. The number of aliphatic hydroxyl groups is 1. The highest BCUT2D eigenvalue weighted by molar-refractivity contribution is 7.98. The molecule has 0 fully saturated rings. The number of benzene rings is 2. The molecule has 16 amide bonds. The van der Waals surface area contributed by atoms with Crippen molar-refractivity contribution >= 4 is 118 Å². The lowest BCUT2D eigenvalue weighted by atomic mass is 9.96. The Balaban J connectivity index is 1.98. The SMILES string of the molecule is CC[C@H](C)[C@H](NC(=O)[C@@H](Cc1ccccc1)NC(=O)[C@@H](NC(=O)[C@H](C)NC(=O)[C@H](CCSC)NC(=O)[C@H](CCC(N)=O)NC(=O)[C@@H](NC(=O)[C@H](C)NC(=O)[C@@H](N)[C@@H](C)O)C(C)C)C(C)C)C(=O)N[C@@H](Cc1cnc[nH]1)C(=O)N[C@@H](CC(N)=O)C(=O)N[C@@H](Cc1ccccc1)C(=O)N[C@@H](CCCCN)C(=O)N[C@@H](CCCNC(=N)N)C(=O)N[C@@H](CCCCN)C(=O)O. The van der Waals surface area contributed by atoms with Gasteiger partial charge in [0.25, 0.3) is 0 Å². The van der Waals surface area contributed by atoms with Gasteiger partial charge in [-0.3, -0.25) is 82.1 Å². The molecule has 0 saturated carbocycles. The maximum absolute atomic E-state index is 15.0. The number of nitrogens with one attached hydrogen (secondary N) is 17. The van der Waals surface area contributed by atoms with Crippen LogP contribution >= 0.6 is 11.8 Å². The van der Waals surface area contributed by atoms with Gasteiger partial charge in [-0.25, -0.2) is 9.78 Å². The van der Waals surface area contributed by atoms with Gasteiger partial charge in [0, 0.05) is 44.1 Å². The zero-order valence-corrected chi connectivity index (χ0v) is 74.0. The van der Waals surface area contributed by atoms with E-state index in [9.17, 15) is 82.1 Å². The second-order valence-corrected chi connectivity index (χ2v) is 32.6. The number of carboxylic acid groups (broad SMARTS) is 1. The topological polar surface area (TPSA) is 720 Å². The van der Waals surface area contributed by atoms with Crippen LogP contribution in [0.2, 0.25) is 0 Å². The van der Waals surface area contributed by atoms with Crippen molar-refractivity contribution in [2.75, 3.05) is 31.6 Å². The third-order valence-electron chi connectivity index (χ3n) is 20.4. The lowest BCUT2D eigenvalue weighted by Crippen LogP contribution is -2.62. The number of guanidine groups is 1. The van der Waals surface area contributed by atoms with Gasteiger partial charge in [-0.1, -0.05) is 109 Å². The predicted molar refractivity (Wildman–Crippen MR) is 468 cm³/mol. The van der Waals surface area contributed by atoms with Gasteiger partial charge in [0.15, 0.2) is 5.96 Å². The third-order valence-corrected chi connectivity index (χ3v) is 21.1. The molecule has 0 bridgehead atoms. The van der Waals surface area contributed by atoms with Crippen molar-refractivity contribution in [2.24, 2.45) is 52.2 Å². The second kappa shape index (κ2) is 56.9. The number of carbonyl (C=O) groups is 17. The number of aliphatic hydroxyl groups excluding tert-OH is 1. The predicted octanol–water partition coefficient (Wildman–Crippen LogP) is -5.17. The Bertz CT molecular complexity index is 4080. The van der Waals surface area contributed by atoms with Gasteiger partial charge < -0.3 is 129 Å². The first-order valence-electron chi connectivity index (χ1n) is 42.1. The number of carbonyl (C=O) groups excluding carboxylic acids is 16. The molecule has 0 unspecified atom stereocenters. The molecule has 3 rings (SSSR count). The molecule has 0 aliphatic rings. The number of carboxylic acids is 1. The summed E-state index contributed by atoms with van der Waals surface area (Å²) in [7, 11) is 0. The zero-order valence-electron chi connectivity index (χ0n) is 73.2. The Kier molecular flexibility index (Phi) is 48.9. The van der Waals surface area contributed by atoms with Crippen LogP contribution in [0.5, 0.6) is 0 Å². The van der Waals surface area contributed by atoms with Crippen LogP contribution in [0.25, 0.3) is 0 Å². The molecule has 0 radical (unpaired) electrons. The second-order valence-electron chi connectivity index (χ2n) is 31.6. The summed E-state index contributed by atoms with van der Waals surface area (Å²) in [6.07, 6.45) is 2.20. The number of primary amides is 2. The molecule has 0 spiro atoms. The van der Waals surface area contributed by atoms with Gasteiger partial charge in [-0.2, -0.15) is 11.8 Å². The summed E-state index contributed by atoms with van der Waals surface area (Å²) >= 11 is 1.30. The van der Waals surface area contributed by atoms with Crippen molar-refractivity contribution in [1.29, 1.82) is 5.41 Å². The summed E-state index contributed by atoms with van der Waals surface area (Å²) < 4.78 is 0. The first-order chi connectivity index (χ1) is 59.5. The smallest absolute Gasteiger partial charge is 0.326 e. The summed E-state index contributed by atoms with van der Waals surface area (Å²) in [5.41, 5.74) is 35.1. The Morgan fingerprint density at radius 3 is 1.23 bits per heavy atom. The number of rotatable bonds is 60. The first kappa shape index (κ1) is 108. The fraction of sp³-hybridized carbons (Fsp3) is 0.598. The number of nitrogens with two attached hydrogens (primary N) is 6. The van der Waals surface area contributed by atoms with Crippen LogP contribution in [0, 0.1) is 23.2 Å². The van der Waals surface area contributed by atoms with E-state index < -0.39 is 228 Å². The number of thioether (sulfide) groups is 1. The van der Waals surface area contributed by atoms with E-state index in [1.165, 1.54) is 45.1 Å². The minimum absolute atomic E-state index is 0.0155. The average molecular weight is 1790 g/mol. The van der Waals surface area contributed by atoms with Crippen LogP contribution in [0.4, 0.5) is 0 Å². The van der Waals surface area contributed by atoms with Crippen molar-refractivity contribution in [3.8, 4) is 0 Å². The summed E-state index contributed by atoms with van der Waals surface area (Å²) in [5.74, 6) is -18.5. The zero-order chi connectivity index (χ0) is 94.4. The van der Waals surface area contributed by atoms with Crippen molar-refractivity contribution in [1.82, 2.24) is 89.7 Å². The molecule has 0 aliphatic heterocycles. The van der Waals surface area contributed by atoms with Crippen molar-refractivity contribution in [2.45, 2.75) is 262 Å². The summed E-state index contributed by atoms with van der Waals surface area (Å²) in [6.45, 7) is 14.1. The fourth-order valence-corrected chi connectivity index (χ4v) is 13.2. The van der Waals surface area contributed by atoms with Crippen molar-refractivity contribution in [3.63, 3.8) is 0 Å². The Morgan fingerprint density at radius 2 is 0.810 bits per heavy atom. The van der Waals surface area contributed by atoms with Crippen LogP contribution in [-0.2, 0) is 101 Å². The van der Waals surface area contributed by atoms with E-state index in [0.29, 0.717) is 30.4 Å². The number of nitrogens with zero attached hydrogens (tertiary/aromatic N) is 1. The molecule has 2 aromatic carbocycles. The van der Waals surface area contributed by atoms with Crippen LogP contribution in [0.3, 0.4) is 0 Å². The molecule has 1 heterocycles. The monoisotopic (exact) mass is 1790 g/mol. The van der Waals surface area contributed by atoms with Crippen LogP contribution in [0.1, 0.15) is 163 Å². The minimum atomic E-state index is -1.88. The van der Waals surface area contributed by atoms with Crippen molar-refractivity contribution < 1.29 is 91.7 Å². The number of unbranched alkanes of at least 4 members (excludes halogenated alkanes) is 2. The van der Waals surface area contributed by atoms with E-state index in [0.717, 1.165) is 0 Å². The highest BCUT2D eigenvalue weighted by atomic mass is 32.2. The Labute approximate surface area is 737 Å². The van der Waals surface area contributed by atoms with Gasteiger partial charge >= 0.3 is 5.97 Å². The molecule has 43 nitrogen and oxygen atoms in total. The van der Waals surface area contributed by atoms with Crippen LogP contribution in [-0.4, -0.2) is 255 Å². The average Bonchev–Trinajstić information content (AvgIpc) is 0.970. The number of amides is 16. The number of aromatic amines is 1. The standard InChI is InChI=1S/C82H132N24O19S/c1-11-45(6)66(106-76(119)58(38-50-25-16-13-17-26-50)102-79(122)65(44(4)5)105-67(110)46(7)93-69(112)55(32-36-126-10)97-72(115)54(30-31-61(85)108)98-78(121)64(43(2)3)104-68(111)47(8)94-77(120)63(87)48(9)107)80(123)103-59(39-51-41-90-42-92-51)74(117)101-60(40-62(86)109)75(118)100-57(37-49-23-14-12-15-24-49)73(116)96-52(27-18-20-33-83)70(113)95-53(29-22-35-91-82(88)89)71(114)99-56(81(124)125)28-19-21-34-84/h12-17,23-26,41-48,52-60,63-66,107H,11,18-22,27-40,83-84,87H2,1-10H3,(H2,85,108)(H2,86,109)(H,90,92)(H,93,112)(H,94,120)(H,95,113)(H,96,116)(H,97,115)(H,98,121)(H,99,114)(H,100,118)(H,101,117)(H,102,122)(H,103,123)(H,104,111)(H,105,110)(H,106,119)(H,124,125)(H4,88,89,91)/t45-,46-,47-,48+,52-,53-,54-,55-,56-,57-,58+,59-,60-,63-,64-,65-,66-/m0/s1. The molecule has 700 valence electrons. The summed E-state index contributed by atoms with van der Waals surface area (Å²) in [5, 5.41) is 66.2. The maximum Gasteiger partial charge on any atom is 0.326 e. The van der Waals surface area contributed by atoms with Gasteiger partial charge in [0.2, 0.25) is 94.5 Å². The van der Waals surface area contributed by atoms with E-state index in [4.69, 9.17) is 39.8 Å². The number of hydrogen-bond donors (Lipinski definition) is 25. The van der Waals surface area contributed by atoms with Crippen molar-refractivity contribution in [3.05, 3.63) is 90.0 Å². The molecule has 3 aromatic rings. The molecule has 126 heavy (non-hydrogen) atoms. The summed E-state index contributed by atoms with van der Waals surface area (Å²) in [4.78, 5) is 244. The maximum atomic E-state index is 15.0. The lowest BCUT2D eigenvalue weighted by molar-refractivity contribution is -0.142. The van der Waals surface area contributed by atoms with Gasteiger partial charge in [0.05, 0.1) is 18.9 Å². The number of H-pyrrole nitrogens is 1. The van der Waals surface area contributed by atoms with Gasteiger partial charge in [-0.05, 0) is 139 Å². The largest absolute Gasteiger partial charge is 0.480 e. The van der Waals surface area contributed by atoms with Gasteiger partial charge in [-0.15, -0.1) is 0 Å². The molecule has 17 atom stereocenters. The van der Waals surface area contributed by atoms with Gasteiger partial charge in [0.1, 0.15) is 90.6 Å². The Morgan fingerprint density at radius 1 is 0.437 bits per heavy atom. The van der Waals surface area contributed by atoms with E-state index in [1.54, 1.807) is 108 Å². The molecule has 44 heteroatoms. The highest BCUT2D eigenvalue weighted by Gasteiger charge is 2.40. The third kappa shape index (κ3) is 39.5. The Hall–Kier alpha value is -11.9.